The number of aldehydes is 1. The first-order chi connectivity index (χ1) is 11.8. The SMILES string of the molecule is CC(C)C(C=O)N(N)c1ncc(C(N)=O)c(Nc2cccc(Br)c2)n1. The molecule has 0 aliphatic heterocycles. The van der Waals surface area contributed by atoms with Crippen LogP contribution >= 0.6 is 15.9 Å². The number of halogens is 1. The van der Waals surface area contributed by atoms with Crippen LogP contribution < -0.4 is 21.9 Å². The number of nitrogens with two attached hydrogens (primary N) is 2. The van der Waals surface area contributed by atoms with Gasteiger partial charge in [-0.15, -0.1) is 0 Å². The molecule has 1 amide bonds. The van der Waals surface area contributed by atoms with E-state index in [2.05, 4.69) is 31.2 Å². The molecule has 8 nitrogen and oxygen atoms in total. The number of hydrogen-bond donors (Lipinski definition) is 3. The fourth-order valence-corrected chi connectivity index (χ4v) is 2.55. The predicted octanol–water partition coefficient (Wildman–Crippen LogP) is 1.99. The topological polar surface area (TPSA) is 127 Å². The first-order valence-electron chi connectivity index (χ1n) is 7.52. The second-order valence-electron chi connectivity index (χ2n) is 5.71. The fraction of sp³-hybridized carbons (Fsp3) is 0.250. The zero-order valence-electron chi connectivity index (χ0n) is 13.8. The minimum absolute atomic E-state index is 0.0385. The minimum Gasteiger partial charge on any atom is -0.365 e. The number of carbonyl (C=O) groups excluding carboxylic acids is 2. The molecule has 0 aliphatic carbocycles. The molecule has 25 heavy (non-hydrogen) atoms. The molecule has 0 saturated heterocycles. The van der Waals surface area contributed by atoms with Crippen LogP contribution in [0.1, 0.15) is 24.2 Å². The van der Waals surface area contributed by atoms with E-state index in [1.807, 2.05) is 32.0 Å². The van der Waals surface area contributed by atoms with Crippen molar-refractivity contribution in [3.05, 3.63) is 40.5 Å². The molecule has 2 rings (SSSR count). The molecule has 0 radical (unpaired) electrons. The minimum atomic E-state index is -0.677. The average molecular weight is 407 g/mol. The number of anilines is 3. The maximum atomic E-state index is 11.7. The van der Waals surface area contributed by atoms with Crippen molar-refractivity contribution in [2.45, 2.75) is 19.9 Å². The molecule has 1 aromatic carbocycles. The van der Waals surface area contributed by atoms with Gasteiger partial charge in [0, 0.05) is 16.4 Å². The van der Waals surface area contributed by atoms with Crippen molar-refractivity contribution in [2.75, 3.05) is 10.3 Å². The number of hydrogen-bond acceptors (Lipinski definition) is 7. The quantitative estimate of drug-likeness (QED) is 0.364. The van der Waals surface area contributed by atoms with Gasteiger partial charge in [-0.25, -0.2) is 10.8 Å². The molecule has 0 saturated carbocycles. The molecule has 2 aromatic rings. The van der Waals surface area contributed by atoms with Crippen LogP contribution in [0.5, 0.6) is 0 Å². The van der Waals surface area contributed by atoms with Crippen molar-refractivity contribution in [1.29, 1.82) is 0 Å². The summed E-state index contributed by atoms with van der Waals surface area (Å²) in [5, 5.41) is 4.20. The Kier molecular flexibility index (Phi) is 6.05. The Bertz CT molecular complexity index is 783. The highest BCUT2D eigenvalue weighted by Gasteiger charge is 2.23. The summed E-state index contributed by atoms with van der Waals surface area (Å²) in [7, 11) is 0. The Morgan fingerprint density at radius 1 is 1.40 bits per heavy atom. The van der Waals surface area contributed by atoms with Crippen LogP contribution in [0.15, 0.2) is 34.9 Å². The Balaban J connectivity index is 2.42. The van der Waals surface area contributed by atoms with Gasteiger partial charge in [-0.3, -0.25) is 9.80 Å². The van der Waals surface area contributed by atoms with Crippen molar-refractivity contribution < 1.29 is 9.59 Å². The third-order valence-corrected chi connectivity index (χ3v) is 4.00. The number of carbonyl (C=O) groups is 2. The third-order valence-electron chi connectivity index (χ3n) is 3.50. The Hall–Kier alpha value is -2.52. The highest BCUT2D eigenvalue weighted by Crippen LogP contribution is 2.23. The van der Waals surface area contributed by atoms with E-state index < -0.39 is 11.9 Å². The summed E-state index contributed by atoms with van der Waals surface area (Å²) in [6.45, 7) is 3.72. The van der Waals surface area contributed by atoms with Crippen molar-refractivity contribution in [2.24, 2.45) is 17.5 Å². The summed E-state index contributed by atoms with van der Waals surface area (Å²) >= 11 is 3.37. The van der Waals surface area contributed by atoms with Crippen LogP contribution in [0.4, 0.5) is 17.5 Å². The second kappa shape index (κ2) is 8.04. The first kappa shape index (κ1) is 18.8. The van der Waals surface area contributed by atoms with Gasteiger partial charge in [0.2, 0.25) is 5.95 Å². The maximum Gasteiger partial charge on any atom is 0.254 e. The lowest BCUT2D eigenvalue weighted by molar-refractivity contribution is -0.109. The normalized spacial score (nSPS) is 11.9. The molecule has 9 heteroatoms. The van der Waals surface area contributed by atoms with Gasteiger partial charge in [-0.05, 0) is 24.1 Å². The van der Waals surface area contributed by atoms with Gasteiger partial charge < -0.3 is 15.8 Å². The molecule has 1 atom stereocenters. The molecule has 0 bridgehead atoms. The van der Waals surface area contributed by atoms with E-state index in [0.29, 0.717) is 5.69 Å². The summed E-state index contributed by atoms with van der Waals surface area (Å²) < 4.78 is 0.855. The average Bonchev–Trinajstić information content (AvgIpc) is 2.54. The van der Waals surface area contributed by atoms with E-state index in [-0.39, 0.29) is 23.2 Å². The van der Waals surface area contributed by atoms with E-state index >= 15 is 0 Å². The van der Waals surface area contributed by atoms with E-state index in [1.54, 1.807) is 6.07 Å². The van der Waals surface area contributed by atoms with Crippen molar-refractivity contribution in [3.8, 4) is 0 Å². The standard InChI is InChI=1S/C16H19BrN6O2/c1-9(2)13(8-24)23(19)16-20-7-12(14(18)25)15(22-16)21-11-5-3-4-10(17)6-11/h3-9,13H,19H2,1-2H3,(H2,18,25)(H,20,21,22). The number of amides is 1. The van der Waals surface area contributed by atoms with Crippen molar-refractivity contribution in [1.82, 2.24) is 9.97 Å². The highest BCUT2D eigenvalue weighted by atomic mass is 79.9. The molecule has 132 valence electrons. The number of nitrogens with one attached hydrogen (secondary N) is 1. The lowest BCUT2D eigenvalue weighted by Crippen LogP contribution is -2.46. The number of nitrogens with zero attached hydrogens (tertiary/aromatic N) is 3. The molecule has 5 N–H and O–H groups in total. The Labute approximate surface area is 153 Å². The fourth-order valence-electron chi connectivity index (χ4n) is 2.15. The molecule has 1 heterocycles. The van der Waals surface area contributed by atoms with Crippen LogP contribution in [-0.2, 0) is 4.79 Å². The molecular formula is C16H19BrN6O2. The lowest BCUT2D eigenvalue weighted by Gasteiger charge is -2.26. The molecule has 0 spiro atoms. The number of primary amides is 1. The van der Waals surface area contributed by atoms with Crippen LogP contribution in [0.25, 0.3) is 0 Å². The summed E-state index contributed by atoms with van der Waals surface area (Å²) in [6.07, 6.45) is 2.02. The van der Waals surface area contributed by atoms with Crippen LogP contribution in [0.3, 0.4) is 0 Å². The van der Waals surface area contributed by atoms with E-state index in [0.717, 1.165) is 10.8 Å². The summed E-state index contributed by atoms with van der Waals surface area (Å²) in [5.74, 6) is 5.59. The number of benzene rings is 1. The van der Waals surface area contributed by atoms with E-state index in [9.17, 15) is 9.59 Å². The summed E-state index contributed by atoms with van der Waals surface area (Å²) in [6, 6.07) is 6.71. The molecule has 1 unspecified atom stereocenters. The van der Waals surface area contributed by atoms with Gasteiger partial charge in [0.05, 0.1) is 0 Å². The van der Waals surface area contributed by atoms with E-state index in [1.165, 1.54) is 11.2 Å². The van der Waals surface area contributed by atoms with Gasteiger partial charge in [0.15, 0.2) is 0 Å². The number of aromatic nitrogens is 2. The zero-order valence-corrected chi connectivity index (χ0v) is 15.4. The number of rotatable bonds is 7. The second-order valence-corrected chi connectivity index (χ2v) is 6.63. The summed E-state index contributed by atoms with van der Waals surface area (Å²) in [5.41, 5.74) is 6.20. The predicted molar refractivity (Wildman–Crippen MR) is 99.3 cm³/mol. The monoisotopic (exact) mass is 406 g/mol. The number of hydrazine groups is 1. The lowest BCUT2D eigenvalue weighted by atomic mass is 10.1. The van der Waals surface area contributed by atoms with Gasteiger partial charge in [0.1, 0.15) is 23.7 Å². The Morgan fingerprint density at radius 2 is 2.12 bits per heavy atom. The molecule has 0 fully saturated rings. The first-order valence-corrected chi connectivity index (χ1v) is 8.31. The van der Waals surface area contributed by atoms with E-state index in [4.69, 9.17) is 11.6 Å². The maximum absolute atomic E-state index is 11.7. The molecule has 1 aromatic heterocycles. The third kappa shape index (κ3) is 4.52. The van der Waals surface area contributed by atoms with Crippen LogP contribution in [-0.4, -0.2) is 28.2 Å². The van der Waals surface area contributed by atoms with Gasteiger partial charge in [-0.2, -0.15) is 4.98 Å². The molecular weight excluding hydrogens is 388 g/mol. The van der Waals surface area contributed by atoms with Crippen LogP contribution in [0.2, 0.25) is 0 Å². The van der Waals surface area contributed by atoms with Gasteiger partial charge in [-0.1, -0.05) is 35.8 Å². The highest BCUT2D eigenvalue weighted by molar-refractivity contribution is 9.10. The van der Waals surface area contributed by atoms with Gasteiger partial charge in [0.25, 0.3) is 5.91 Å². The van der Waals surface area contributed by atoms with Gasteiger partial charge >= 0.3 is 0 Å². The van der Waals surface area contributed by atoms with Crippen LogP contribution in [0, 0.1) is 5.92 Å². The summed E-state index contributed by atoms with van der Waals surface area (Å²) in [4.78, 5) is 31.3. The van der Waals surface area contributed by atoms with Crippen molar-refractivity contribution in [3.63, 3.8) is 0 Å². The van der Waals surface area contributed by atoms with Crippen molar-refractivity contribution >= 4 is 45.6 Å². The smallest absolute Gasteiger partial charge is 0.254 e. The zero-order chi connectivity index (χ0) is 18.6. The molecule has 0 aliphatic rings. The Morgan fingerprint density at radius 3 is 2.68 bits per heavy atom. The largest absolute Gasteiger partial charge is 0.365 e.